The van der Waals surface area contributed by atoms with E-state index >= 15 is 0 Å². The van der Waals surface area contributed by atoms with Crippen molar-refractivity contribution in [1.82, 2.24) is 9.62 Å². The molecule has 2 aliphatic heterocycles. The molecule has 2 heterocycles. The molecule has 4 rings (SSSR count). The van der Waals surface area contributed by atoms with Gasteiger partial charge in [-0.15, -0.1) is 0 Å². The lowest BCUT2D eigenvalue weighted by Crippen LogP contribution is -2.49. The Balaban J connectivity index is 1.51. The van der Waals surface area contributed by atoms with Gasteiger partial charge in [0.2, 0.25) is 15.9 Å². The first-order chi connectivity index (χ1) is 15.8. The van der Waals surface area contributed by atoms with Gasteiger partial charge in [0.05, 0.1) is 16.9 Å². The maximum absolute atomic E-state index is 13.3. The molecule has 0 spiro atoms. The zero-order valence-electron chi connectivity index (χ0n) is 19.1. The maximum atomic E-state index is 13.3. The van der Waals surface area contributed by atoms with Gasteiger partial charge in [0, 0.05) is 30.1 Å². The number of carbonyl (C=O) groups excluding carboxylic acids is 1. The van der Waals surface area contributed by atoms with Crippen LogP contribution >= 0.6 is 11.6 Å². The molecular formula is C25H31ClN2O4S. The number of piperidine rings is 1. The molecule has 0 aromatic heterocycles. The van der Waals surface area contributed by atoms with Crippen LogP contribution in [0.4, 0.5) is 0 Å². The highest BCUT2D eigenvalue weighted by Gasteiger charge is 2.40. The molecule has 2 aromatic rings. The smallest absolute Gasteiger partial charge is 0.243 e. The lowest BCUT2D eigenvalue weighted by atomic mass is 9.83. The number of benzene rings is 2. The molecule has 1 N–H and O–H groups in total. The highest BCUT2D eigenvalue weighted by molar-refractivity contribution is 7.89. The fourth-order valence-corrected chi connectivity index (χ4v) is 6.50. The summed E-state index contributed by atoms with van der Waals surface area (Å²) in [7, 11) is -3.68. The van der Waals surface area contributed by atoms with Crippen LogP contribution in [0.2, 0.25) is 5.02 Å². The molecule has 1 amide bonds. The Labute approximate surface area is 201 Å². The van der Waals surface area contributed by atoms with Crippen LogP contribution in [0.25, 0.3) is 0 Å². The van der Waals surface area contributed by atoms with Crippen molar-refractivity contribution in [2.45, 2.75) is 62.5 Å². The molecule has 0 saturated carbocycles. The van der Waals surface area contributed by atoms with Gasteiger partial charge in [-0.1, -0.05) is 43.6 Å². The molecule has 33 heavy (non-hydrogen) atoms. The van der Waals surface area contributed by atoms with Gasteiger partial charge in [0.15, 0.2) is 0 Å². The summed E-state index contributed by atoms with van der Waals surface area (Å²) in [6.45, 7) is 4.80. The number of ether oxygens (including phenoxy) is 1. The second-order valence-electron chi connectivity index (χ2n) is 8.95. The van der Waals surface area contributed by atoms with Crippen LogP contribution in [0.5, 0.6) is 5.75 Å². The Morgan fingerprint density at radius 1 is 1.15 bits per heavy atom. The molecule has 8 heteroatoms. The second kappa shape index (κ2) is 9.65. The summed E-state index contributed by atoms with van der Waals surface area (Å²) in [5.41, 5.74) is 0.660. The van der Waals surface area contributed by atoms with E-state index in [9.17, 15) is 13.2 Å². The van der Waals surface area contributed by atoms with E-state index in [1.165, 1.54) is 16.4 Å². The normalized spacial score (nSPS) is 22.8. The number of hydrogen-bond acceptors (Lipinski definition) is 4. The molecule has 2 aliphatic rings. The van der Waals surface area contributed by atoms with Gasteiger partial charge in [-0.3, -0.25) is 4.79 Å². The minimum atomic E-state index is -3.68. The van der Waals surface area contributed by atoms with Crippen LogP contribution in [-0.4, -0.2) is 37.3 Å². The van der Waals surface area contributed by atoms with Crippen molar-refractivity contribution in [3.8, 4) is 5.75 Å². The number of nitrogens with zero attached hydrogens (tertiary/aromatic N) is 1. The average molecular weight is 491 g/mol. The molecule has 0 unspecified atom stereocenters. The fraction of sp³-hybridized carbons (Fsp3) is 0.480. The van der Waals surface area contributed by atoms with Gasteiger partial charge >= 0.3 is 0 Å². The zero-order chi connectivity index (χ0) is 23.6. The van der Waals surface area contributed by atoms with Gasteiger partial charge < -0.3 is 10.1 Å². The first kappa shape index (κ1) is 24.0. The summed E-state index contributed by atoms with van der Waals surface area (Å²) >= 11 is 5.91. The van der Waals surface area contributed by atoms with Crippen molar-refractivity contribution in [1.29, 1.82) is 0 Å². The number of amides is 1. The van der Waals surface area contributed by atoms with E-state index in [0.29, 0.717) is 30.8 Å². The third-order valence-corrected chi connectivity index (χ3v) is 9.14. The summed E-state index contributed by atoms with van der Waals surface area (Å²) in [5, 5.41) is 3.71. The van der Waals surface area contributed by atoms with E-state index in [0.717, 1.165) is 24.2 Å². The van der Waals surface area contributed by atoms with Gasteiger partial charge in [-0.05, 0) is 56.0 Å². The maximum Gasteiger partial charge on any atom is 0.243 e. The third kappa shape index (κ3) is 4.91. The Hall–Kier alpha value is -2.09. The number of fused-ring (bicyclic) bond motifs is 1. The van der Waals surface area contributed by atoms with E-state index in [-0.39, 0.29) is 29.0 Å². The molecular weight excluding hydrogens is 460 g/mol. The highest BCUT2D eigenvalue weighted by atomic mass is 35.5. The summed E-state index contributed by atoms with van der Waals surface area (Å²) in [5.74, 6) is 0.315. The largest absolute Gasteiger partial charge is 0.487 e. The Kier molecular flexibility index (Phi) is 7.03. The van der Waals surface area contributed by atoms with Gasteiger partial charge in [0.25, 0.3) is 0 Å². The number of para-hydroxylation sites is 1. The van der Waals surface area contributed by atoms with E-state index in [2.05, 4.69) is 19.2 Å². The lowest BCUT2D eigenvalue weighted by Gasteiger charge is -2.42. The van der Waals surface area contributed by atoms with Crippen molar-refractivity contribution < 1.29 is 17.9 Å². The number of carbonyl (C=O) groups is 1. The summed E-state index contributed by atoms with van der Waals surface area (Å²) in [6, 6.07) is 13.8. The van der Waals surface area contributed by atoms with Crippen LogP contribution in [0, 0.1) is 5.92 Å². The van der Waals surface area contributed by atoms with Crippen LogP contribution in [0.3, 0.4) is 0 Å². The topological polar surface area (TPSA) is 75.7 Å². The van der Waals surface area contributed by atoms with Crippen molar-refractivity contribution >= 4 is 27.5 Å². The first-order valence-electron chi connectivity index (χ1n) is 11.6. The minimum absolute atomic E-state index is 0.103. The van der Waals surface area contributed by atoms with Gasteiger partial charge in [-0.25, -0.2) is 8.42 Å². The molecule has 0 radical (unpaired) electrons. The van der Waals surface area contributed by atoms with Crippen molar-refractivity contribution in [2.75, 3.05) is 13.1 Å². The number of nitrogens with one attached hydrogen (secondary N) is 1. The minimum Gasteiger partial charge on any atom is -0.487 e. The summed E-state index contributed by atoms with van der Waals surface area (Å²) < 4.78 is 34.0. The molecule has 2 aromatic carbocycles. The number of rotatable bonds is 6. The summed E-state index contributed by atoms with van der Waals surface area (Å²) in [6.07, 6.45) is 3.70. The van der Waals surface area contributed by atoms with Crippen molar-refractivity contribution in [3.63, 3.8) is 0 Å². The van der Waals surface area contributed by atoms with E-state index < -0.39 is 15.9 Å². The molecule has 0 bridgehead atoms. The highest BCUT2D eigenvalue weighted by Crippen LogP contribution is 2.42. The number of halogens is 1. The number of hydrogen-bond donors (Lipinski definition) is 1. The first-order valence-corrected chi connectivity index (χ1v) is 13.4. The zero-order valence-corrected chi connectivity index (χ0v) is 20.7. The van der Waals surface area contributed by atoms with Gasteiger partial charge in [-0.2, -0.15) is 4.31 Å². The lowest BCUT2D eigenvalue weighted by molar-refractivity contribution is -0.127. The molecule has 0 aliphatic carbocycles. The fourth-order valence-electron chi connectivity index (χ4n) is 4.85. The van der Waals surface area contributed by atoms with E-state index in [4.69, 9.17) is 16.3 Å². The van der Waals surface area contributed by atoms with E-state index in [1.54, 1.807) is 12.1 Å². The standard InChI is InChI=1S/C25H31ClN2O4S/c1-3-25(4-2)16-22(21-9-5-6-10-23(21)32-25)27-24(29)18-8-7-15-28(17-18)33(30,31)20-13-11-19(26)12-14-20/h5-6,9-14,18,22H,3-4,7-8,15-17H2,1-2H3,(H,27,29)/t18-,22-/m1/s1. The Morgan fingerprint density at radius 2 is 1.85 bits per heavy atom. The molecule has 178 valence electrons. The predicted molar refractivity (Wildman–Crippen MR) is 129 cm³/mol. The SMILES string of the molecule is CCC1(CC)C[C@@H](NC(=O)[C@@H]2CCCN(S(=O)(=O)c3ccc(Cl)cc3)C2)c2ccccc2O1. The molecule has 2 atom stereocenters. The number of sulfonamides is 1. The molecule has 1 saturated heterocycles. The van der Waals surface area contributed by atoms with Crippen LogP contribution in [0.15, 0.2) is 53.4 Å². The van der Waals surface area contributed by atoms with Crippen LogP contribution in [0.1, 0.15) is 57.6 Å². The van der Waals surface area contributed by atoms with Crippen molar-refractivity contribution in [2.24, 2.45) is 5.92 Å². The summed E-state index contributed by atoms with van der Waals surface area (Å²) in [4.78, 5) is 13.5. The average Bonchev–Trinajstić information content (AvgIpc) is 2.84. The predicted octanol–water partition coefficient (Wildman–Crippen LogP) is 4.94. The monoisotopic (exact) mass is 490 g/mol. The van der Waals surface area contributed by atoms with Gasteiger partial charge in [0.1, 0.15) is 11.4 Å². The molecule has 6 nitrogen and oxygen atoms in total. The second-order valence-corrected chi connectivity index (χ2v) is 11.3. The van der Waals surface area contributed by atoms with Crippen molar-refractivity contribution in [3.05, 3.63) is 59.1 Å². The third-order valence-electron chi connectivity index (χ3n) is 7.01. The molecule has 1 fully saturated rings. The Bertz CT molecular complexity index is 1100. The Morgan fingerprint density at radius 3 is 2.55 bits per heavy atom. The van der Waals surface area contributed by atoms with E-state index in [1.807, 2.05) is 24.3 Å². The van der Waals surface area contributed by atoms with Crippen LogP contribution in [-0.2, 0) is 14.8 Å². The van der Waals surface area contributed by atoms with Crippen LogP contribution < -0.4 is 10.1 Å². The quantitative estimate of drug-likeness (QED) is 0.622.